The first-order valence-electron chi connectivity index (χ1n) is 10.6. The number of alkyl halides is 3. The average Bonchev–Trinajstić information content (AvgIpc) is 3.37. The van der Waals surface area contributed by atoms with Crippen molar-refractivity contribution in [2.75, 3.05) is 0 Å². The summed E-state index contributed by atoms with van der Waals surface area (Å²) in [5.41, 5.74) is -0.276. The summed E-state index contributed by atoms with van der Waals surface area (Å²) in [5, 5.41) is 9.19. The molecular formula is C25H22F3NO5S. The fourth-order valence-corrected chi connectivity index (χ4v) is 5.41. The Morgan fingerprint density at radius 3 is 2.29 bits per heavy atom. The van der Waals surface area contributed by atoms with E-state index in [4.69, 9.17) is 9.52 Å². The van der Waals surface area contributed by atoms with Crippen LogP contribution in [0.1, 0.15) is 53.9 Å². The maximum absolute atomic E-state index is 13.8. The van der Waals surface area contributed by atoms with Crippen molar-refractivity contribution >= 4 is 26.9 Å². The van der Waals surface area contributed by atoms with Gasteiger partial charge in [-0.3, -0.25) is 0 Å². The molecule has 4 rings (SSSR count). The number of fused-ring (bicyclic) bond motifs is 1. The van der Waals surface area contributed by atoms with E-state index in [-0.39, 0.29) is 44.8 Å². The maximum Gasteiger partial charge on any atom is 0.416 e. The number of aromatic carboxylic acids is 1. The van der Waals surface area contributed by atoms with Crippen LogP contribution >= 0.6 is 0 Å². The van der Waals surface area contributed by atoms with Gasteiger partial charge >= 0.3 is 12.1 Å². The lowest BCUT2D eigenvalue weighted by Gasteiger charge is -2.20. The van der Waals surface area contributed by atoms with E-state index in [1.807, 2.05) is 20.8 Å². The van der Waals surface area contributed by atoms with Crippen LogP contribution in [0.5, 0.6) is 0 Å². The van der Waals surface area contributed by atoms with Crippen LogP contribution in [0.15, 0.2) is 70.0 Å². The van der Waals surface area contributed by atoms with Gasteiger partial charge in [0.05, 0.1) is 16.0 Å². The fraction of sp³-hybridized carbons (Fsp3) is 0.240. The molecule has 2 heterocycles. The van der Waals surface area contributed by atoms with E-state index in [1.54, 1.807) is 18.2 Å². The van der Waals surface area contributed by atoms with Crippen LogP contribution in [-0.4, -0.2) is 23.5 Å². The SMILES string of the molecule is CC(C)(C)c1cccc(S(=O)(=O)n2c(Cc3ccc(C(=O)O)o3)cc3cc(C(F)(F)F)ccc32)c1. The minimum atomic E-state index is -4.60. The quantitative estimate of drug-likeness (QED) is 0.355. The number of carbonyl (C=O) groups is 1. The Balaban J connectivity index is 1.93. The predicted octanol–water partition coefficient (Wildman–Crippen LogP) is 6.08. The molecule has 10 heteroatoms. The molecule has 0 amide bonds. The van der Waals surface area contributed by atoms with Gasteiger partial charge in [0.25, 0.3) is 10.0 Å². The molecule has 0 atom stereocenters. The van der Waals surface area contributed by atoms with Gasteiger partial charge in [0.1, 0.15) is 5.76 Å². The van der Waals surface area contributed by atoms with Gasteiger partial charge in [-0.2, -0.15) is 13.2 Å². The van der Waals surface area contributed by atoms with Gasteiger partial charge in [0, 0.05) is 17.5 Å². The van der Waals surface area contributed by atoms with Crippen molar-refractivity contribution < 1.29 is 35.9 Å². The molecule has 0 aliphatic rings. The molecule has 2 aromatic heterocycles. The topological polar surface area (TPSA) is 89.5 Å². The average molecular weight is 506 g/mol. The second-order valence-corrected chi connectivity index (χ2v) is 11.0. The lowest BCUT2D eigenvalue weighted by atomic mass is 9.87. The van der Waals surface area contributed by atoms with Crippen LogP contribution in [0.3, 0.4) is 0 Å². The smallest absolute Gasteiger partial charge is 0.416 e. The Hall–Kier alpha value is -3.53. The lowest BCUT2D eigenvalue weighted by molar-refractivity contribution is -0.137. The molecule has 6 nitrogen and oxygen atoms in total. The van der Waals surface area contributed by atoms with Gasteiger partial charge in [-0.05, 0) is 59.5 Å². The number of carboxylic acid groups (broad SMARTS) is 1. The molecule has 0 saturated carbocycles. The van der Waals surface area contributed by atoms with Crippen LogP contribution in [0.4, 0.5) is 13.2 Å². The summed E-state index contributed by atoms with van der Waals surface area (Å²) in [5.74, 6) is -1.47. The van der Waals surface area contributed by atoms with E-state index in [0.717, 1.165) is 27.7 Å². The first-order chi connectivity index (χ1) is 16.2. The lowest BCUT2D eigenvalue weighted by Crippen LogP contribution is -2.18. The highest BCUT2D eigenvalue weighted by molar-refractivity contribution is 7.90. The van der Waals surface area contributed by atoms with Crippen LogP contribution in [-0.2, 0) is 28.0 Å². The number of carboxylic acids is 1. The normalized spacial score (nSPS) is 12.9. The number of hydrogen-bond acceptors (Lipinski definition) is 4. The van der Waals surface area contributed by atoms with Gasteiger partial charge in [-0.1, -0.05) is 32.9 Å². The van der Waals surface area contributed by atoms with Crippen molar-refractivity contribution in [1.29, 1.82) is 0 Å². The van der Waals surface area contributed by atoms with Gasteiger partial charge in [-0.25, -0.2) is 17.2 Å². The molecule has 0 unspecified atom stereocenters. The Morgan fingerprint density at radius 1 is 0.971 bits per heavy atom. The molecule has 2 aromatic carbocycles. The van der Waals surface area contributed by atoms with Crippen molar-refractivity contribution in [3.63, 3.8) is 0 Å². The third kappa shape index (κ3) is 4.70. The molecule has 0 radical (unpaired) electrons. The zero-order valence-corrected chi connectivity index (χ0v) is 19.9. The van der Waals surface area contributed by atoms with Gasteiger partial charge in [0.2, 0.25) is 5.76 Å². The molecular weight excluding hydrogens is 483 g/mol. The second-order valence-electron chi connectivity index (χ2n) is 9.20. The molecule has 0 aliphatic carbocycles. The monoisotopic (exact) mass is 505 g/mol. The number of nitrogens with zero attached hydrogens (tertiary/aromatic N) is 1. The largest absolute Gasteiger partial charge is 0.475 e. The molecule has 35 heavy (non-hydrogen) atoms. The molecule has 0 fully saturated rings. The molecule has 0 bridgehead atoms. The van der Waals surface area contributed by atoms with Crippen molar-refractivity contribution in [1.82, 2.24) is 3.97 Å². The Bertz CT molecular complexity index is 1540. The van der Waals surface area contributed by atoms with E-state index in [1.165, 1.54) is 24.3 Å². The molecule has 0 saturated heterocycles. The first-order valence-corrected chi connectivity index (χ1v) is 12.0. The number of furan rings is 1. The number of benzene rings is 2. The van der Waals surface area contributed by atoms with E-state index in [0.29, 0.717) is 0 Å². The van der Waals surface area contributed by atoms with Gasteiger partial charge in [-0.15, -0.1) is 0 Å². The first kappa shape index (κ1) is 24.6. The van der Waals surface area contributed by atoms with Crippen LogP contribution in [0, 0.1) is 0 Å². The summed E-state index contributed by atoms with van der Waals surface area (Å²) in [4.78, 5) is 11.1. The fourth-order valence-electron chi connectivity index (χ4n) is 3.83. The van der Waals surface area contributed by atoms with E-state index >= 15 is 0 Å². The minimum Gasteiger partial charge on any atom is -0.475 e. The predicted molar refractivity (Wildman–Crippen MR) is 123 cm³/mol. The van der Waals surface area contributed by atoms with Crippen LogP contribution in [0.2, 0.25) is 0 Å². The summed E-state index contributed by atoms with van der Waals surface area (Å²) in [6.45, 7) is 5.81. The standard InChI is InChI=1S/C25H22F3NO5S/c1-24(2,3)16-5-4-6-20(13-16)35(32,33)29-18(14-19-8-10-22(34-19)23(30)31)12-15-11-17(25(26,27)28)7-9-21(15)29/h4-13H,14H2,1-3H3,(H,30,31). The minimum absolute atomic E-state index is 0.0192. The van der Waals surface area contributed by atoms with Crippen molar-refractivity contribution in [3.05, 3.63) is 89.0 Å². The van der Waals surface area contributed by atoms with Crippen molar-refractivity contribution in [2.24, 2.45) is 0 Å². The van der Waals surface area contributed by atoms with Gasteiger partial charge < -0.3 is 9.52 Å². The Morgan fingerprint density at radius 2 is 1.69 bits per heavy atom. The van der Waals surface area contributed by atoms with E-state index in [9.17, 15) is 26.4 Å². The molecule has 4 aromatic rings. The zero-order chi connectivity index (χ0) is 25.8. The third-order valence-corrected chi connectivity index (χ3v) is 7.38. The number of aromatic nitrogens is 1. The molecule has 1 N–H and O–H groups in total. The zero-order valence-electron chi connectivity index (χ0n) is 19.1. The summed E-state index contributed by atoms with van der Waals surface area (Å²) in [6.07, 6.45) is -4.75. The van der Waals surface area contributed by atoms with Crippen LogP contribution < -0.4 is 0 Å². The highest BCUT2D eigenvalue weighted by Crippen LogP contribution is 2.35. The number of halogens is 3. The summed E-state index contributed by atoms with van der Waals surface area (Å²) < 4.78 is 73.8. The summed E-state index contributed by atoms with van der Waals surface area (Å²) in [6, 6.07) is 13.2. The third-order valence-electron chi connectivity index (χ3n) is 5.62. The van der Waals surface area contributed by atoms with E-state index < -0.39 is 27.7 Å². The Kier molecular flexibility index (Phi) is 5.83. The maximum atomic E-state index is 13.8. The van der Waals surface area contributed by atoms with Gasteiger partial charge in [0.15, 0.2) is 0 Å². The highest BCUT2D eigenvalue weighted by Gasteiger charge is 2.32. The van der Waals surface area contributed by atoms with Crippen molar-refractivity contribution in [2.45, 2.75) is 43.7 Å². The number of rotatable bonds is 5. The molecule has 0 spiro atoms. The summed E-state index contributed by atoms with van der Waals surface area (Å²) in [7, 11) is -4.24. The van der Waals surface area contributed by atoms with Crippen LogP contribution in [0.25, 0.3) is 10.9 Å². The molecule has 0 aliphatic heterocycles. The van der Waals surface area contributed by atoms with E-state index in [2.05, 4.69) is 0 Å². The summed E-state index contributed by atoms with van der Waals surface area (Å²) >= 11 is 0. The number of hydrogen-bond donors (Lipinski definition) is 1. The Labute approximate surface area is 199 Å². The molecule has 184 valence electrons. The highest BCUT2D eigenvalue weighted by atomic mass is 32.2. The van der Waals surface area contributed by atoms with Crippen molar-refractivity contribution in [3.8, 4) is 0 Å². The second kappa shape index (κ2) is 8.30.